The van der Waals surface area contributed by atoms with Gasteiger partial charge in [0.15, 0.2) is 5.96 Å². The van der Waals surface area contributed by atoms with Crippen LogP contribution >= 0.6 is 35.3 Å². The van der Waals surface area contributed by atoms with Crippen molar-refractivity contribution in [3.05, 3.63) is 16.6 Å². The number of fused-ring (bicyclic) bond motifs is 2. The number of ether oxygens (including phenoxy) is 1. The van der Waals surface area contributed by atoms with E-state index in [0.29, 0.717) is 18.2 Å². The van der Waals surface area contributed by atoms with Crippen LogP contribution in [0, 0.1) is 0 Å². The molecule has 3 atom stereocenters. The Morgan fingerprint density at radius 1 is 1.55 bits per heavy atom. The van der Waals surface area contributed by atoms with Crippen molar-refractivity contribution < 1.29 is 4.74 Å². The highest BCUT2D eigenvalue weighted by Crippen LogP contribution is 2.34. The van der Waals surface area contributed by atoms with Gasteiger partial charge in [0.2, 0.25) is 0 Å². The van der Waals surface area contributed by atoms with E-state index in [4.69, 9.17) is 4.74 Å². The third kappa shape index (κ3) is 3.82. The molecule has 2 N–H and O–H groups in total. The van der Waals surface area contributed by atoms with Crippen LogP contribution in [0.25, 0.3) is 0 Å². The van der Waals surface area contributed by atoms with Crippen LogP contribution in [-0.2, 0) is 11.2 Å². The van der Waals surface area contributed by atoms with Gasteiger partial charge in [-0.05, 0) is 19.3 Å². The maximum Gasteiger partial charge on any atom is 0.191 e. The van der Waals surface area contributed by atoms with Crippen molar-refractivity contribution in [1.82, 2.24) is 15.6 Å². The monoisotopic (exact) mass is 408 g/mol. The van der Waals surface area contributed by atoms with Crippen LogP contribution in [0.3, 0.4) is 0 Å². The molecule has 1 aromatic rings. The number of nitrogens with zero attached hydrogens (tertiary/aromatic N) is 2. The smallest absolute Gasteiger partial charge is 0.191 e. The SMILES string of the molecule is CN=C(NCCc1nccs1)NC1CC2CCC1O2.I. The molecule has 2 bridgehead atoms. The highest BCUT2D eigenvalue weighted by Gasteiger charge is 2.40. The predicted octanol–water partition coefficient (Wildman–Crippen LogP) is 1.79. The van der Waals surface area contributed by atoms with Crippen LogP contribution in [0.4, 0.5) is 0 Å². The van der Waals surface area contributed by atoms with E-state index in [9.17, 15) is 0 Å². The lowest BCUT2D eigenvalue weighted by Gasteiger charge is -2.22. The van der Waals surface area contributed by atoms with E-state index in [2.05, 4.69) is 20.6 Å². The number of aromatic nitrogens is 1. The van der Waals surface area contributed by atoms with E-state index in [1.54, 1.807) is 11.3 Å². The van der Waals surface area contributed by atoms with Gasteiger partial charge in [-0.25, -0.2) is 4.98 Å². The molecule has 2 fully saturated rings. The lowest BCUT2D eigenvalue weighted by atomic mass is 9.96. The fraction of sp³-hybridized carbons (Fsp3) is 0.692. The van der Waals surface area contributed by atoms with Gasteiger partial charge in [-0.2, -0.15) is 0 Å². The molecule has 112 valence electrons. The zero-order valence-electron chi connectivity index (χ0n) is 11.5. The summed E-state index contributed by atoms with van der Waals surface area (Å²) in [6.45, 7) is 0.856. The van der Waals surface area contributed by atoms with Gasteiger partial charge in [-0.3, -0.25) is 4.99 Å². The number of guanidine groups is 1. The third-order valence-electron chi connectivity index (χ3n) is 3.77. The maximum absolute atomic E-state index is 5.84. The summed E-state index contributed by atoms with van der Waals surface area (Å²) in [6.07, 6.45) is 7.14. The van der Waals surface area contributed by atoms with Crippen LogP contribution in [0.2, 0.25) is 0 Å². The number of hydrogen-bond donors (Lipinski definition) is 2. The summed E-state index contributed by atoms with van der Waals surface area (Å²) in [6, 6.07) is 0.421. The molecule has 0 aliphatic carbocycles. The first-order valence-corrected chi connectivity index (χ1v) is 7.74. The number of nitrogens with one attached hydrogen (secondary N) is 2. The number of aliphatic imine (C=N–C) groups is 1. The van der Waals surface area contributed by atoms with Crippen LogP contribution in [0.15, 0.2) is 16.6 Å². The van der Waals surface area contributed by atoms with Gasteiger partial charge in [-0.15, -0.1) is 35.3 Å². The van der Waals surface area contributed by atoms with Gasteiger partial charge in [-0.1, -0.05) is 0 Å². The van der Waals surface area contributed by atoms with Gasteiger partial charge in [0.1, 0.15) is 0 Å². The van der Waals surface area contributed by atoms with Gasteiger partial charge < -0.3 is 15.4 Å². The summed E-state index contributed by atoms with van der Waals surface area (Å²) in [7, 11) is 1.81. The highest BCUT2D eigenvalue weighted by molar-refractivity contribution is 14.0. The van der Waals surface area contributed by atoms with Crippen LogP contribution in [0.1, 0.15) is 24.3 Å². The van der Waals surface area contributed by atoms with E-state index < -0.39 is 0 Å². The molecule has 3 heterocycles. The Morgan fingerprint density at radius 2 is 2.45 bits per heavy atom. The van der Waals surface area contributed by atoms with Crippen molar-refractivity contribution in [1.29, 1.82) is 0 Å². The molecule has 1 aromatic heterocycles. The first kappa shape index (κ1) is 16.0. The lowest BCUT2D eigenvalue weighted by Crippen LogP contribution is -2.47. The number of thiazole rings is 1. The topological polar surface area (TPSA) is 58.5 Å². The average molecular weight is 408 g/mol. The predicted molar refractivity (Wildman–Crippen MR) is 92.0 cm³/mol. The molecular weight excluding hydrogens is 387 g/mol. The molecule has 0 aromatic carbocycles. The Kier molecular flexibility index (Phi) is 6.03. The molecule has 0 saturated carbocycles. The Bertz CT molecular complexity index is 440. The second kappa shape index (κ2) is 7.56. The Balaban J connectivity index is 0.00000147. The molecule has 3 unspecified atom stereocenters. The fourth-order valence-corrected chi connectivity index (χ4v) is 3.44. The van der Waals surface area contributed by atoms with Crippen molar-refractivity contribution in [2.24, 2.45) is 4.99 Å². The molecule has 5 nitrogen and oxygen atoms in total. The normalized spacial score (nSPS) is 28.2. The maximum atomic E-state index is 5.84. The number of rotatable bonds is 4. The minimum atomic E-state index is 0. The summed E-state index contributed by atoms with van der Waals surface area (Å²) in [5.74, 6) is 0.873. The van der Waals surface area contributed by atoms with Gasteiger partial charge in [0.25, 0.3) is 0 Å². The molecule has 0 amide bonds. The summed E-state index contributed by atoms with van der Waals surface area (Å²) in [5, 5.41) is 9.99. The minimum Gasteiger partial charge on any atom is -0.373 e. The number of halogens is 1. The molecule has 20 heavy (non-hydrogen) atoms. The van der Waals surface area contributed by atoms with Crippen LogP contribution in [-0.4, -0.2) is 42.8 Å². The van der Waals surface area contributed by atoms with E-state index in [1.807, 2.05) is 18.6 Å². The second-order valence-electron chi connectivity index (χ2n) is 5.04. The van der Waals surface area contributed by atoms with E-state index >= 15 is 0 Å². The Labute approximate surface area is 140 Å². The number of hydrogen-bond acceptors (Lipinski definition) is 4. The molecule has 2 aliphatic heterocycles. The van der Waals surface area contributed by atoms with Crippen molar-refractivity contribution in [2.45, 2.75) is 43.9 Å². The third-order valence-corrected chi connectivity index (χ3v) is 4.61. The van der Waals surface area contributed by atoms with Gasteiger partial charge in [0, 0.05) is 31.6 Å². The summed E-state index contributed by atoms with van der Waals surface area (Å²) in [4.78, 5) is 8.55. The van der Waals surface area contributed by atoms with Crippen LogP contribution in [0.5, 0.6) is 0 Å². The van der Waals surface area contributed by atoms with Gasteiger partial charge >= 0.3 is 0 Å². The van der Waals surface area contributed by atoms with E-state index in [1.165, 1.54) is 12.8 Å². The standard InChI is InChI=1S/C13H20N4OS.HI/c1-14-13(16-5-4-12-15-6-7-19-12)17-10-8-9-2-3-11(10)18-9;/h6-7,9-11H,2-5,8H2,1H3,(H2,14,16,17);1H. The largest absolute Gasteiger partial charge is 0.373 e. The summed E-state index contributed by atoms with van der Waals surface area (Å²) < 4.78 is 5.84. The molecule has 2 aliphatic rings. The molecule has 0 spiro atoms. The Hall–Kier alpha value is -0.410. The zero-order valence-corrected chi connectivity index (χ0v) is 14.7. The summed E-state index contributed by atoms with van der Waals surface area (Å²) >= 11 is 1.69. The minimum absolute atomic E-state index is 0. The molecule has 3 rings (SSSR count). The first-order valence-electron chi connectivity index (χ1n) is 6.86. The molecule has 2 saturated heterocycles. The lowest BCUT2D eigenvalue weighted by molar-refractivity contribution is 0.0992. The van der Waals surface area contributed by atoms with Crippen molar-refractivity contribution in [3.63, 3.8) is 0 Å². The van der Waals surface area contributed by atoms with E-state index in [-0.39, 0.29) is 24.0 Å². The highest BCUT2D eigenvalue weighted by atomic mass is 127. The van der Waals surface area contributed by atoms with Crippen molar-refractivity contribution in [2.75, 3.05) is 13.6 Å². The quantitative estimate of drug-likeness (QED) is 0.453. The van der Waals surface area contributed by atoms with Crippen molar-refractivity contribution >= 4 is 41.3 Å². The van der Waals surface area contributed by atoms with Crippen LogP contribution < -0.4 is 10.6 Å². The zero-order chi connectivity index (χ0) is 13.1. The average Bonchev–Trinajstić information content (AvgIpc) is 3.14. The molecule has 0 radical (unpaired) electrons. The van der Waals surface area contributed by atoms with E-state index in [0.717, 1.165) is 30.4 Å². The molecule has 7 heteroatoms. The Morgan fingerprint density at radius 3 is 3.05 bits per heavy atom. The fourth-order valence-electron chi connectivity index (χ4n) is 2.82. The van der Waals surface area contributed by atoms with Crippen molar-refractivity contribution in [3.8, 4) is 0 Å². The first-order chi connectivity index (χ1) is 9.35. The second-order valence-corrected chi connectivity index (χ2v) is 6.01. The molecular formula is C13H21IN4OS. The van der Waals surface area contributed by atoms with Gasteiger partial charge in [0.05, 0.1) is 23.3 Å². The summed E-state index contributed by atoms with van der Waals surface area (Å²) in [5.41, 5.74) is 0.